The Kier molecular flexibility index (Phi) is 6.23. The first-order chi connectivity index (χ1) is 14.5. The molecule has 2 N–H and O–H groups in total. The average molecular weight is 407 g/mol. The van der Waals surface area contributed by atoms with Crippen molar-refractivity contribution < 1.29 is 23.7 Å². The number of para-hydroxylation sites is 2. The van der Waals surface area contributed by atoms with Crippen LogP contribution < -0.4 is 15.4 Å². The number of nitro groups is 1. The summed E-state index contributed by atoms with van der Waals surface area (Å²) in [5.74, 6) is -0.461. The summed E-state index contributed by atoms with van der Waals surface area (Å²) < 4.78 is 10.1. The van der Waals surface area contributed by atoms with Crippen LogP contribution in [0.15, 0.2) is 71.2 Å². The van der Waals surface area contributed by atoms with Gasteiger partial charge >= 0.3 is 5.88 Å². The van der Waals surface area contributed by atoms with Crippen molar-refractivity contribution >= 4 is 35.1 Å². The number of carbonyl (C=O) groups excluding carboxylic acids is 2. The third-order valence-corrected chi connectivity index (χ3v) is 3.96. The van der Waals surface area contributed by atoms with Gasteiger partial charge in [-0.25, -0.2) is 0 Å². The van der Waals surface area contributed by atoms with E-state index in [1.807, 2.05) is 0 Å². The number of nitrogens with zero attached hydrogens (tertiary/aromatic N) is 1. The molecule has 9 heteroatoms. The van der Waals surface area contributed by atoms with Gasteiger partial charge in [-0.3, -0.25) is 19.7 Å². The van der Waals surface area contributed by atoms with Gasteiger partial charge in [-0.2, -0.15) is 0 Å². The van der Waals surface area contributed by atoms with Crippen LogP contribution in [0.1, 0.15) is 16.1 Å². The predicted octanol–water partition coefficient (Wildman–Crippen LogP) is 4.10. The quantitative estimate of drug-likeness (QED) is 0.345. The molecule has 30 heavy (non-hydrogen) atoms. The molecule has 0 aliphatic carbocycles. The summed E-state index contributed by atoms with van der Waals surface area (Å²) in [6.45, 7) is 0. The average Bonchev–Trinajstić information content (AvgIpc) is 3.23. The van der Waals surface area contributed by atoms with Crippen LogP contribution in [0.4, 0.5) is 17.3 Å². The lowest BCUT2D eigenvalue weighted by atomic mass is 10.2. The molecule has 152 valence electrons. The lowest BCUT2D eigenvalue weighted by molar-refractivity contribution is -0.402. The molecule has 0 saturated heterocycles. The highest BCUT2D eigenvalue weighted by atomic mass is 16.6. The van der Waals surface area contributed by atoms with Gasteiger partial charge in [0.15, 0.2) is 0 Å². The van der Waals surface area contributed by atoms with Crippen LogP contribution in [0.5, 0.6) is 5.75 Å². The van der Waals surface area contributed by atoms with E-state index in [-0.39, 0.29) is 11.7 Å². The zero-order chi connectivity index (χ0) is 21.5. The van der Waals surface area contributed by atoms with Crippen molar-refractivity contribution in [2.75, 3.05) is 17.7 Å². The number of benzene rings is 2. The molecule has 1 aromatic heterocycles. The van der Waals surface area contributed by atoms with Crippen LogP contribution >= 0.6 is 0 Å². The molecule has 0 aliphatic rings. The van der Waals surface area contributed by atoms with E-state index in [9.17, 15) is 19.7 Å². The Balaban J connectivity index is 1.59. The number of rotatable bonds is 7. The van der Waals surface area contributed by atoms with E-state index in [0.717, 1.165) is 0 Å². The van der Waals surface area contributed by atoms with Gasteiger partial charge in [-0.05, 0) is 48.5 Å². The van der Waals surface area contributed by atoms with Gasteiger partial charge in [0.05, 0.1) is 18.9 Å². The SMILES string of the molecule is COc1ccccc1NC(=O)c1ccc(NC(=O)/C=C/c2ccc([N+](=O)[O-])o2)cc1. The third-order valence-electron chi connectivity index (χ3n) is 3.96. The predicted molar refractivity (Wildman–Crippen MR) is 110 cm³/mol. The summed E-state index contributed by atoms with van der Waals surface area (Å²) in [5.41, 5.74) is 1.42. The minimum absolute atomic E-state index is 0.181. The zero-order valence-corrected chi connectivity index (χ0v) is 15.8. The van der Waals surface area contributed by atoms with Crippen LogP contribution in [0, 0.1) is 10.1 Å². The zero-order valence-electron chi connectivity index (χ0n) is 15.8. The second-order valence-electron chi connectivity index (χ2n) is 5.99. The molecule has 0 radical (unpaired) electrons. The van der Waals surface area contributed by atoms with Crippen LogP contribution in [0.3, 0.4) is 0 Å². The highest BCUT2D eigenvalue weighted by Crippen LogP contribution is 2.24. The first-order valence-corrected chi connectivity index (χ1v) is 8.74. The Hall–Kier alpha value is -4.40. The Labute approximate surface area is 171 Å². The fourth-order valence-electron chi connectivity index (χ4n) is 2.52. The molecule has 0 aliphatic heterocycles. The Morgan fingerprint density at radius 2 is 1.77 bits per heavy atom. The second kappa shape index (κ2) is 9.20. The van der Waals surface area contributed by atoms with Crippen LogP contribution in [-0.4, -0.2) is 23.8 Å². The van der Waals surface area contributed by atoms with Crippen molar-refractivity contribution in [3.05, 3.63) is 88.2 Å². The molecule has 3 rings (SSSR count). The normalized spacial score (nSPS) is 10.6. The molecule has 0 unspecified atom stereocenters. The van der Waals surface area contributed by atoms with Gasteiger partial charge in [-0.1, -0.05) is 12.1 Å². The van der Waals surface area contributed by atoms with E-state index >= 15 is 0 Å². The van der Waals surface area contributed by atoms with E-state index in [2.05, 4.69) is 10.6 Å². The molecule has 2 aromatic carbocycles. The maximum absolute atomic E-state index is 12.4. The van der Waals surface area contributed by atoms with Crippen molar-refractivity contribution in [2.45, 2.75) is 0 Å². The third kappa shape index (κ3) is 5.10. The molecule has 0 atom stereocenters. The Morgan fingerprint density at radius 3 is 2.43 bits per heavy atom. The van der Waals surface area contributed by atoms with Gasteiger partial charge in [0, 0.05) is 17.3 Å². The molecular formula is C21H17N3O6. The van der Waals surface area contributed by atoms with Crippen molar-refractivity contribution in [1.82, 2.24) is 0 Å². The second-order valence-corrected chi connectivity index (χ2v) is 5.99. The molecule has 9 nitrogen and oxygen atoms in total. The van der Waals surface area contributed by atoms with Gasteiger partial charge in [-0.15, -0.1) is 0 Å². The fourth-order valence-corrected chi connectivity index (χ4v) is 2.52. The first-order valence-electron chi connectivity index (χ1n) is 8.74. The standard InChI is InChI=1S/C21H17N3O6/c1-29-18-5-3-2-4-17(18)23-21(26)14-6-8-15(9-7-14)22-19(25)12-10-16-11-13-20(30-16)24(27)28/h2-13H,1H3,(H,22,25)(H,23,26)/b12-10+. The van der Waals surface area contributed by atoms with E-state index < -0.39 is 16.7 Å². The van der Waals surface area contributed by atoms with Gasteiger partial charge in [0.2, 0.25) is 5.91 Å². The first kappa shape index (κ1) is 20.3. The highest BCUT2D eigenvalue weighted by Gasteiger charge is 2.11. The van der Waals surface area contributed by atoms with Crippen molar-refractivity contribution in [3.63, 3.8) is 0 Å². The lowest BCUT2D eigenvalue weighted by Gasteiger charge is -2.10. The van der Waals surface area contributed by atoms with Gasteiger partial charge in [0.1, 0.15) is 16.4 Å². The number of hydrogen-bond donors (Lipinski definition) is 2. The summed E-state index contributed by atoms with van der Waals surface area (Å²) in [4.78, 5) is 34.3. The number of ether oxygens (including phenoxy) is 1. The molecule has 0 fully saturated rings. The van der Waals surface area contributed by atoms with E-state index in [0.29, 0.717) is 22.7 Å². The van der Waals surface area contributed by atoms with Crippen molar-refractivity contribution in [2.24, 2.45) is 0 Å². The lowest BCUT2D eigenvalue weighted by Crippen LogP contribution is -2.13. The topological polar surface area (TPSA) is 124 Å². The van der Waals surface area contributed by atoms with Crippen molar-refractivity contribution in [1.29, 1.82) is 0 Å². The highest BCUT2D eigenvalue weighted by molar-refractivity contribution is 6.06. The number of anilines is 2. The number of carbonyl (C=O) groups is 2. The molecule has 3 aromatic rings. The van der Waals surface area contributed by atoms with Gasteiger partial charge < -0.3 is 19.8 Å². The minimum Gasteiger partial charge on any atom is -0.495 e. The summed E-state index contributed by atoms with van der Waals surface area (Å²) in [6.07, 6.45) is 2.50. The number of methoxy groups -OCH3 is 1. The summed E-state index contributed by atoms with van der Waals surface area (Å²) in [5, 5.41) is 16.0. The Bertz CT molecular complexity index is 1100. The largest absolute Gasteiger partial charge is 0.495 e. The molecule has 1 heterocycles. The van der Waals surface area contributed by atoms with Crippen LogP contribution in [0.25, 0.3) is 6.08 Å². The number of amides is 2. The molecule has 0 saturated carbocycles. The number of hydrogen-bond acceptors (Lipinski definition) is 6. The van der Waals surface area contributed by atoms with E-state index in [4.69, 9.17) is 9.15 Å². The number of nitrogens with one attached hydrogen (secondary N) is 2. The Morgan fingerprint density at radius 1 is 1.03 bits per heavy atom. The van der Waals surface area contributed by atoms with E-state index in [1.165, 1.54) is 31.4 Å². The summed E-state index contributed by atoms with van der Waals surface area (Å²) in [6, 6.07) is 15.9. The maximum atomic E-state index is 12.4. The van der Waals surface area contributed by atoms with Crippen LogP contribution in [-0.2, 0) is 4.79 Å². The van der Waals surface area contributed by atoms with Crippen LogP contribution in [0.2, 0.25) is 0 Å². The molecular weight excluding hydrogens is 390 g/mol. The summed E-state index contributed by atoms with van der Waals surface area (Å²) >= 11 is 0. The summed E-state index contributed by atoms with van der Waals surface area (Å²) in [7, 11) is 1.52. The monoisotopic (exact) mass is 407 g/mol. The minimum atomic E-state index is -0.664. The van der Waals surface area contributed by atoms with E-state index in [1.54, 1.807) is 48.5 Å². The smallest absolute Gasteiger partial charge is 0.433 e. The fraction of sp³-hybridized carbons (Fsp3) is 0.0476. The molecule has 0 spiro atoms. The number of furan rings is 1. The maximum Gasteiger partial charge on any atom is 0.433 e. The molecule has 0 bridgehead atoms. The molecule has 2 amide bonds. The van der Waals surface area contributed by atoms with Gasteiger partial charge in [0.25, 0.3) is 5.91 Å². The van der Waals surface area contributed by atoms with Crippen molar-refractivity contribution in [3.8, 4) is 5.75 Å².